The molecular formula is C23H25F3N2O4. The topological polar surface area (TPSA) is 78.9 Å². The number of likely N-dealkylation sites (tertiary alicyclic amines) is 1. The lowest BCUT2D eigenvalue weighted by Crippen LogP contribution is -2.53. The summed E-state index contributed by atoms with van der Waals surface area (Å²) in [6.45, 7) is 4.30. The predicted octanol–water partition coefficient (Wildman–Crippen LogP) is 3.63. The van der Waals surface area contributed by atoms with Gasteiger partial charge in [-0.15, -0.1) is 0 Å². The Morgan fingerprint density at radius 2 is 1.66 bits per heavy atom. The number of phenolic OH excluding ortho intramolecular Hbond substituents is 1. The van der Waals surface area contributed by atoms with Crippen LogP contribution < -0.4 is 10.1 Å². The van der Waals surface area contributed by atoms with Crippen LogP contribution in [0.1, 0.15) is 37.0 Å². The summed E-state index contributed by atoms with van der Waals surface area (Å²) in [5.41, 5.74) is -0.450. The Kier molecular flexibility index (Phi) is 7.27. The van der Waals surface area contributed by atoms with Crippen LogP contribution in [0.25, 0.3) is 0 Å². The standard InChI is InChI=1S/C23H25F3N2O4/c1-13(2)21(27-22(30)17-11-18(25)19(26)12-20(17)29)23(31)28-9-7-16(8-10-28)32-15-5-3-14(24)4-6-15/h3-6,11-13,16,21,29H,7-10H2,1-2H3,(H,27,30)/t21-/m0/s1. The molecule has 0 spiro atoms. The van der Waals surface area contributed by atoms with E-state index in [1.165, 1.54) is 12.1 Å². The van der Waals surface area contributed by atoms with Gasteiger partial charge in [0.05, 0.1) is 5.56 Å². The molecule has 0 saturated carbocycles. The summed E-state index contributed by atoms with van der Waals surface area (Å²) in [6, 6.07) is 5.92. The van der Waals surface area contributed by atoms with Crippen molar-refractivity contribution in [2.75, 3.05) is 13.1 Å². The number of carbonyl (C=O) groups is 2. The first-order valence-corrected chi connectivity index (χ1v) is 10.4. The van der Waals surface area contributed by atoms with Crippen LogP contribution >= 0.6 is 0 Å². The van der Waals surface area contributed by atoms with Crippen LogP contribution in [0.2, 0.25) is 0 Å². The third-order valence-electron chi connectivity index (χ3n) is 5.37. The molecule has 1 atom stereocenters. The number of carbonyl (C=O) groups excluding carboxylic acids is 2. The van der Waals surface area contributed by atoms with E-state index in [1.807, 2.05) is 0 Å². The summed E-state index contributed by atoms with van der Waals surface area (Å²) >= 11 is 0. The Morgan fingerprint density at radius 3 is 2.25 bits per heavy atom. The molecule has 1 aliphatic rings. The molecule has 2 aromatic rings. The largest absolute Gasteiger partial charge is 0.507 e. The number of benzene rings is 2. The summed E-state index contributed by atoms with van der Waals surface area (Å²) in [7, 11) is 0. The summed E-state index contributed by atoms with van der Waals surface area (Å²) in [5.74, 6) is -4.53. The maximum absolute atomic E-state index is 13.5. The van der Waals surface area contributed by atoms with Crippen LogP contribution in [0.3, 0.4) is 0 Å². The second-order valence-corrected chi connectivity index (χ2v) is 8.08. The van der Waals surface area contributed by atoms with Gasteiger partial charge in [0.1, 0.15) is 29.5 Å². The van der Waals surface area contributed by atoms with Crippen LogP contribution in [0.4, 0.5) is 13.2 Å². The number of nitrogens with zero attached hydrogens (tertiary/aromatic N) is 1. The zero-order valence-electron chi connectivity index (χ0n) is 17.8. The first-order valence-electron chi connectivity index (χ1n) is 10.4. The number of nitrogens with one attached hydrogen (secondary N) is 1. The van der Waals surface area contributed by atoms with Crippen molar-refractivity contribution in [1.82, 2.24) is 10.2 Å². The zero-order valence-corrected chi connectivity index (χ0v) is 17.8. The minimum absolute atomic E-state index is 0.129. The quantitative estimate of drug-likeness (QED) is 0.705. The number of hydrogen-bond acceptors (Lipinski definition) is 4. The molecule has 1 heterocycles. The Bertz CT molecular complexity index is 974. The average Bonchev–Trinajstić information content (AvgIpc) is 2.76. The van der Waals surface area contributed by atoms with Gasteiger partial charge in [-0.1, -0.05) is 13.8 Å². The summed E-state index contributed by atoms with van der Waals surface area (Å²) in [6.07, 6.45) is 0.994. The first-order chi connectivity index (χ1) is 15.2. The van der Waals surface area contributed by atoms with Crippen molar-refractivity contribution < 1.29 is 32.6 Å². The monoisotopic (exact) mass is 450 g/mol. The molecule has 172 valence electrons. The SMILES string of the molecule is CC(C)[C@H](NC(=O)c1cc(F)c(F)cc1O)C(=O)N1CCC(Oc2ccc(F)cc2)CC1. The molecule has 9 heteroatoms. The first kappa shape index (κ1) is 23.4. The van der Waals surface area contributed by atoms with Crippen molar-refractivity contribution in [2.24, 2.45) is 5.92 Å². The highest BCUT2D eigenvalue weighted by molar-refractivity contribution is 5.99. The van der Waals surface area contributed by atoms with Crippen molar-refractivity contribution in [2.45, 2.75) is 38.8 Å². The van der Waals surface area contributed by atoms with Crippen molar-refractivity contribution >= 4 is 11.8 Å². The molecule has 6 nitrogen and oxygen atoms in total. The lowest BCUT2D eigenvalue weighted by molar-refractivity contribution is -0.136. The number of ether oxygens (including phenoxy) is 1. The van der Waals surface area contributed by atoms with E-state index in [1.54, 1.807) is 30.9 Å². The van der Waals surface area contributed by atoms with Crippen LogP contribution in [0.15, 0.2) is 36.4 Å². The molecule has 2 N–H and O–H groups in total. The molecule has 1 aliphatic heterocycles. The third kappa shape index (κ3) is 5.52. The van der Waals surface area contributed by atoms with Gasteiger partial charge in [-0.05, 0) is 36.2 Å². The minimum Gasteiger partial charge on any atom is -0.507 e. The van der Waals surface area contributed by atoms with Crippen LogP contribution in [-0.4, -0.2) is 47.1 Å². The Morgan fingerprint density at radius 1 is 1.06 bits per heavy atom. The van der Waals surface area contributed by atoms with Crippen molar-refractivity contribution in [3.63, 3.8) is 0 Å². The smallest absolute Gasteiger partial charge is 0.255 e. The van der Waals surface area contributed by atoms with E-state index < -0.39 is 34.9 Å². The van der Waals surface area contributed by atoms with Crippen LogP contribution in [-0.2, 0) is 4.79 Å². The molecule has 1 fully saturated rings. The molecular weight excluding hydrogens is 425 g/mol. The van der Waals surface area contributed by atoms with Crippen molar-refractivity contribution in [3.05, 3.63) is 59.4 Å². The molecule has 0 radical (unpaired) electrons. The van der Waals surface area contributed by atoms with Crippen molar-refractivity contribution in [1.29, 1.82) is 0 Å². The number of rotatable bonds is 6. The van der Waals surface area contributed by atoms with Crippen molar-refractivity contribution in [3.8, 4) is 11.5 Å². The Hall–Kier alpha value is -3.23. The second-order valence-electron chi connectivity index (χ2n) is 8.08. The molecule has 0 unspecified atom stereocenters. The maximum Gasteiger partial charge on any atom is 0.255 e. The highest BCUT2D eigenvalue weighted by atomic mass is 19.2. The number of piperidine rings is 1. The van der Waals surface area contributed by atoms with E-state index in [4.69, 9.17) is 4.74 Å². The van der Waals surface area contributed by atoms with Gasteiger partial charge < -0.3 is 20.1 Å². The molecule has 0 bridgehead atoms. The molecule has 2 aromatic carbocycles. The molecule has 0 aliphatic carbocycles. The molecule has 0 aromatic heterocycles. The van der Waals surface area contributed by atoms with Gasteiger partial charge in [0.15, 0.2) is 11.6 Å². The fraction of sp³-hybridized carbons (Fsp3) is 0.391. The zero-order chi connectivity index (χ0) is 23.4. The van der Waals surface area contributed by atoms with E-state index in [0.717, 1.165) is 0 Å². The lowest BCUT2D eigenvalue weighted by Gasteiger charge is -2.35. The van der Waals surface area contributed by atoms with Crippen LogP contribution in [0.5, 0.6) is 11.5 Å². The van der Waals surface area contributed by atoms with E-state index in [2.05, 4.69) is 5.32 Å². The van der Waals surface area contributed by atoms with E-state index in [0.29, 0.717) is 43.8 Å². The second kappa shape index (κ2) is 9.93. The van der Waals surface area contributed by atoms with Gasteiger partial charge >= 0.3 is 0 Å². The van der Waals surface area contributed by atoms with Gasteiger partial charge in [-0.3, -0.25) is 9.59 Å². The lowest BCUT2D eigenvalue weighted by atomic mass is 9.99. The molecule has 2 amide bonds. The molecule has 1 saturated heterocycles. The molecule has 3 rings (SSSR count). The van der Waals surface area contributed by atoms with E-state index in [-0.39, 0.29) is 23.7 Å². The highest BCUT2D eigenvalue weighted by Gasteiger charge is 2.32. The maximum atomic E-state index is 13.5. The van der Waals surface area contributed by atoms with Gasteiger partial charge in [0.2, 0.25) is 5.91 Å². The summed E-state index contributed by atoms with van der Waals surface area (Å²) in [5, 5.41) is 12.3. The van der Waals surface area contributed by atoms with Gasteiger partial charge in [-0.2, -0.15) is 0 Å². The summed E-state index contributed by atoms with van der Waals surface area (Å²) in [4.78, 5) is 27.2. The van der Waals surface area contributed by atoms with E-state index in [9.17, 15) is 27.9 Å². The Labute approximate surface area is 184 Å². The number of phenols is 1. The Balaban J connectivity index is 1.61. The van der Waals surface area contributed by atoms with Crippen LogP contribution in [0, 0.1) is 23.4 Å². The van der Waals surface area contributed by atoms with Gasteiger partial charge in [0.25, 0.3) is 5.91 Å². The van der Waals surface area contributed by atoms with E-state index >= 15 is 0 Å². The number of hydrogen-bond donors (Lipinski definition) is 2. The number of aromatic hydroxyl groups is 1. The summed E-state index contributed by atoms with van der Waals surface area (Å²) < 4.78 is 45.6. The number of halogens is 3. The highest BCUT2D eigenvalue weighted by Crippen LogP contribution is 2.23. The molecule has 32 heavy (non-hydrogen) atoms. The third-order valence-corrected chi connectivity index (χ3v) is 5.37. The normalized spacial score (nSPS) is 15.5. The number of amides is 2. The predicted molar refractivity (Wildman–Crippen MR) is 111 cm³/mol. The average molecular weight is 450 g/mol. The fourth-order valence-electron chi connectivity index (χ4n) is 3.55. The minimum atomic E-state index is -1.28. The fourth-order valence-corrected chi connectivity index (χ4v) is 3.55. The van der Waals surface area contributed by atoms with Gasteiger partial charge in [-0.25, -0.2) is 13.2 Å². The van der Waals surface area contributed by atoms with Gasteiger partial charge in [0, 0.05) is 32.0 Å².